The second kappa shape index (κ2) is 4.75. The molecule has 3 nitrogen and oxygen atoms in total. The van der Waals surface area contributed by atoms with Crippen molar-refractivity contribution in [2.75, 3.05) is 0 Å². The van der Waals surface area contributed by atoms with Crippen LogP contribution in [0, 0.1) is 22.7 Å². The normalized spacial score (nSPS) is 9.65. The van der Waals surface area contributed by atoms with Crippen molar-refractivity contribution in [2.45, 2.75) is 0 Å². The zero-order valence-electron chi connectivity index (χ0n) is 8.46. The molecular formula is C12H5Br2N3. The standard InChI is InChI=1S/C12H5Br2N3/c13-9-2-10-8(1-7(4-15)5-16)6-17-12(10)11(14)3-9/h1-3,6,17H. The number of hydrogen-bond donors (Lipinski definition) is 1. The summed E-state index contributed by atoms with van der Waals surface area (Å²) in [5, 5.41) is 18.4. The van der Waals surface area contributed by atoms with Crippen molar-refractivity contribution < 1.29 is 0 Å². The summed E-state index contributed by atoms with van der Waals surface area (Å²) in [4.78, 5) is 3.11. The van der Waals surface area contributed by atoms with Gasteiger partial charge in [-0.15, -0.1) is 0 Å². The van der Waals surface area contributed by atoms with E-state index in [1.807, 2.05) is 24.3 Å². The quantitative estimate of drug-likeness (QED) is 0.786. The average molecular weight is 351 g/mol. The van der Waals surface area contributed by atoms with Crippen LogP contribution in [0.2, 0.25) is 0 Å². The molecule has 2 aromatic rings. The average Bonchev–Trinajstić information content (AvgIpc) is 2.69. The van der Waals surface area contributed by atoms with Gasteiger partial charge in [0, 0.05) is 26.1 Å². The third kappa shape index (κ3) is 2.26. The van der Waals surface area contributed by atoms with E-state index < -0.39 is 0 Å². The van der Waals surface area contributed by atoms with Gasteiger partial charge in [0.25, 0.3) is 0 Å². The van der Waals surface area contributed by atoms with E-state index in [1.54, 1.807) is 12.3 Å². The topological polar surface area (TPSA) is 63.4 Å². The number of rotatable bonds is 1. The molecule has 0 saturated heterocycles. The first kappa shape index (κ1) is 11.9. The number of hydrogen-bond acceptors (Lipinski definition) is 2. The minimum absolute atomic E-state index is 0.0852. The minimum atomic E-state index is 0.0852. The summed E-state index contributed by atoms with van der Waals surface area (Å²) in [6, 6.07) is 7.56. The van der Waals surface area contributed by atoms with Crippen LogP contribution in [-0.4, -0.2) is 4.98 Å². The summed E-state index contributed by atoms with van der Waals surface area (Å²) in [5.41, 5.74) is 1.84. The molecular weight excluding hydrogens is 346 g/mol. The maximum atomic E-state index is 8.74. The van der Waals surface area contributed by atoms with Gasteiger partial charge in [-0.05, 0) is 34.1 Å². The van der Waals surface area contributed by atoms with Crippen LogP contribution in [0.25, 0.3) is 17.0 Å². The van der Waals surface area contributed by atoms with E-state index >= 15 is 0 Å². The van der Waals surface area contributed by atoms with Gasteiger partial charge < -0.3 is 4.98 Å². The van der Waals surface area contributed by atoms with Crippen molar-refractivity contribution in [1.82, 2.24) is 4.98 Å². The molecule has 0 aliphatic heterocycles. The molecule has 82 valence electrons. The molecule has 0 saturated carbocycles. The highest BCUT2D eigenvalue weighted by Gasteiger charge is 2.07. The van der Waals surface area contributed by atoms with E-state index in [2.05, 4.69) is 36.8 Å². The molecule has 0 unspecified atom stereocenters. The molecule has 1 heterocycles. The zero-order chi connectivity index (χ0) is 12.4. The number of H-pyrrole nitrogens is 1. The van der Waals surface area contributed by atoms with Crippen LogP contribution in [0.3, 0.4) is 0 Å². The summed E-state index contributed by atoms with van der Waals surface area (Å²) >= 11 is 6.86. The first-order valence-electron chi connectivity index (χ1n) is 4.63. The lowest BCUT2D eigenvalue weighted by atomic mass is 10.1. The largest absolute Gasteiger partial charge is 0.360 e. The van der Waals surface area contributed by atoms with Crippen LogP contribution < -0.4 is 0 Å². The lowest BCUT2D eigenvalue weighted by Gasteiger charge is -1.97. The molecule has 0 aliphatic rings. The molecule has 5 heteroatoms. The maximum absolute atomic E-state index is 8.74. The molecule has 0 aliphatic carbocycles. The summed E-state index contributed by atoms with van der Waals surface area (Å²) in [6.45, 7) is 0. The number of aromatic nitrogens is 1. The number of nitriles is 2. The van der Waals surface area contributed by atoms with Crippen molar-refractivity contribution in [1.29, 1.82) is 10.5 Å². The fraction of sp³-hybridized carbons (Fsp3) is 0. The van der Waals surface area contributed by atoms with E-state index in [4.69, 9.17) is 10.5 Å². The molecule has 0 bridgehead atoms. The molecule has 0 atom stereocenters. The number of fused-ring (bicyclic) bond motifs is 1. The van der Waals surface area contributed by atoms with Crippen LogP contribution in [0.15, 0.2) is 32.8 Å². The zero-order valence-corrected chi connectivity index (χ0v) is 11.6. The van der Waals surface area contributed by atoms with Crippen LogP contribution in [0.1, 0.15) is 5.56 Å². The van der Waals surface area contributed by atoms with E-state index in [-0.39, 0.29) is 5.57 Å². The Kier molecular flexibility index (Phi) is 3.33. The maximum Gasteiger partial charge on any atom is 0.130 e. The van der Waals surface area contributed by atoms with Crippen molar-refractivity contribution in [3.63, 3.8) is 0 Å². The molecule has 0 radical (unpaired) electrons. The second-order valence-electron chi connectivity index (χ2n) is 3.34. The first-order valence-corrected chi connectivity index (χ1v) is 6.22. The Balaban J connectivity index is 2.70. The minimum Gasteiger partial charge on any atom is -0.360 e. The Morgan fingerprint density at radius 2 is 1.94 bits per heavy atom. The molecule has 17 heavy (non-hydrogen) atoms. The highest BCUT2D eigenvalue weighted by molar-refractivity contribution is 9.11. The fourth-order valence-corrected chi connectivity index (χ4v) is 2.88. The summed E-state index contributed by atoms with van der Waals surface area (Å²) in [6.07, 6.45) is 3.34. The van der Waals surface area contributed by atoms with Crippen molar-refractivity contribution >= 4 is 48.8 Å². The highest BCUT2D eigenvalue weighted by Crippen LogP contribution is 2.30. The van der Waals surface area contributed by atoms with Crippen LogP contribution in [0.4, 0.5) is 0 Å². The molecule has 0 amide bonds. The lowest BCUT2D eigenvalue weighted by Crippen LogP contribution is -1.75. The van der Waals surface area contributed by atoms with Gasteiger partial charge in [-0.25, -0.2) is 0 Å². The number of aromatic amines is 1. The molecule has 2 rings (SSSR count). The van der Waals surface area contributed by atoms with E-state index in [0.717, 1.165) is 25.4 Å². The van der Waals surface area contributed by atoms with Gasteiger partial charge in [-0.3, -0.25) is 0 Å². The third-order valence-electron chi connectivity index (χ3n) is 2.28. The second-order valence-corrected chi connectivity index (χ2v) is 5.11. The van der Waals surface area contributed by atoms with Crippen LogP contribution in [-0.2, 0) is 0 Å². The summed E-state index contributed by atoms with van der Waals surface area (Å²) < 4.78 is 1.86. The SMILES string of the molecule is N#CC(C#N)=Cc1c[nH]c2c(Br)cc(Br)cc12. The Bertz CT molecular complexity index is 683. The summed E-state index contributed by atoms with van der Waals surface area (Å²) in [5.74, 6) is 0. The highest BCUT2D eigenvalue weighted by atomic mass is 79.9. The van der Waals surface area contributed by atoms with E-state index in [0.29, 0.717) is 0 Å². The number of nitrogens with zero attached hydrogens (tertiary/aromatic N) is 2. The first-order chi connectivity index (χ1) is 8.15. The van der Waals surface area contributed by atoms with Crippen LogP contribution in [0.5, 0.6) is 0 Å². The van der Waals surface area contributed by atoms with Gasteiger partial charge in [0.2, 0.25) is 0 Å². The van der Waals surface area contributed by atoms with Crippen LogP contribution >= 0.6 is 31.9 Å². The molecule has 0 fully saturated rings. The van der Waals surface area contributed by atoms with Crippen molar-refractivity contribution in [3.05, 3.63) is 38.4 Å². The Hall–Kier alpha value is -1.56. The predicted octanol–water partition coefficient (Wildman–Crippen LogP) is 4.12. The molecule has 1 N–H and O–H groups in total. The number of allylic oxidation sites excluding steroid dienone is 1. The Labute approximate surface area is 115 Å². The van der Waals surface area contributed by atoms with E-state index in [9.17, 15) is 0 Å². The van der Waals surface area contributed by atoms with Gasteiger partial charge in [-0.1, -0.05) is 15.9 Å². The van der Waals surface area contributed by atoms with Gasteiger partial charge >= 0.3 is 0 Å². The monoisotopic (exact) mass is 349 g/mol. The lowest BCUT2D eigenvalue weighted by molar-refractivity contribution is 1.45. The Morgan fingerprint density at radius 3 is 2.59 bits per heavy atom. The number of benzene rings is 1. The molecule has 1 aromatic heterocycles. The number of nitrogens with one attached hydrogen (secondary N) is 1. The Morgan fingerprint density at radius 1 is 1.24 bits per heavy atom. The van der Waals surface area contributed by atoms with Gasteiger partial charge in [0.1, 0.15) is 17.7 Å². The van der Waals surface area contributed by atoms with Crippen molar-refractivity contribution in [3.8, 4) is 12.1 Å². The third-order valence-corrected chi connectivity index (χ3v) is 3.36. The fourth-order valence-electron chi connectivity index (χ4n) is 1.54. The smallest absolute Gasteiger partial charge is 0.130 e. The number of halogens is 2. The van der Waals surface area contributed by atoms with Crippen molar-refractivity contribution in [2.24, 2.45) is 0 Å². The molecule has 0 spiro atoms. The molecule has 1 aromatic carbocycles. The van der Waals surface area contributed by atoms with E-state index in [1.165, 1.54) is 0 Å². The van der Waals surface area contributed by atoms with Gasteiger partial charge in [-0.2, -0.15) is 10.5 Å². The van der Waals surface area contributed by atoms with Gasteiger partial charge in [0.15, 0.2) is 0 Å². The summed E-state index contributed by atoms with van der Waals surface area (Å²) in [7, 11) is 0. The van der Waals surface area contributed by atoms with Gasteiger partial charge in [0.05, 0.1) is 5.52 Å². The predicted molar refractivity (Wildman–Crippen MR) is 72.9 cm³/mol.